The zero-order chi connectivity index (χ0) is 14.1. The van der Waals surface area contributed by atoms with Crippen LogP contribution < -0.4 is 10.6 Å². The van der Waals surface area contributed by atoms with Crippen LogP contribution in [0.15, 0.2) is 42.5 Å². The van der Waals surface area contributed by atoms with Gasteiger partial charge in [-0.2, -0.15) is 0 Å². The topological polar surface area (TPSA) is 41.1 Å². The molecule has 20 heavy (non-hydrogen) atoms. The molecular formula is C16H15FN2O. The summed E-state index contributed by atoms with van der Waals surface area (Å²) in [7, 11) is 0. The quantitative estimate of drug-likeness (QED) is 0.880. The van der Waals surface area contributed by atoms with Crippen LogP contribution in [0.4, 0.5) is 15.8 Å². The second kappa shape index (κ2) is 4.96. The molecule has 0 radical (unpaired) electrons. The Morgan fingerprint density at radius 2 is 2.10 bits per heavy atom. The minimum Gasteiger partial charge on any atom is -0.373 e. The van der Waals surface area contributed by atoms with Crippen LogP contribution in [-0.2, 0) is 11.2 Å². The minimum atomic E-state index is -0.280. The fraction of sp³-hybridized carbons (Fsp3) is 0.188. The van der Waals surface area contributed by atoms with Crippen LogP contribution in [0.1, 0.15) is 11.1 Å². The fourth-order valence-electron chi connectivity index (χ4n) is 2.41. The predicted molar refractivity (Wildman–Crippen MR) is 77.3 cm³/mol. The van der Waals surface area contributed by atoms with Crippen molar-refractivity contribution in [1.82, 2.24) is 0 Å². The lowest BCUT2D eigenvalue weighted by molar-refractivity contribution is -0.116. The molecule has 3 nitrogen and oxygen atoms in total. The van der Waals surface area contributed by atoms with Gasteiger partial charge in [-0.3, -0.25) is 4.79 Å². The van der Waals surface area contributed by atoms with E-state index in [1.807, 2.05) is 24.3 Å². The molecule has 0 bridgehead atoms. The molecule has 1 atom stereocenters. The van der Waals surface area contributed by atoms with Gasteiger partial charge < -0.3 is 10.6 Å². The third-order valence-corrected chi connectivity index (χ3v) is 3.51. The second-order valence-electron chi connectivity index (χ2n) is 5.01. The maximum atomic E-state index is 13.2. The molecule has 1 heterocycles. The third kappa shape index (κ3) is 2.37. The van der Waals surface area contributed by atoms with Crippen molar-refractivity contribution < 1.29 is 9.18 Å². The van der Waals surface area contributed by atoms with Crippen molar-refractivity contribution in [3.63, 3.8) is 0 Å². The average Bonchev–Trinajstić information content (AvgIpc) is 2.87. The summed E-state index contributed by atoms with van der Waals surface area (Å²) in [5.74, 6) is -0.374. The fourth-order valence-corrected chi connectivity index (χ4v) is 2.41. The maximum Gasteiger partial charge on any atom is 0.247 e. The summed E-state index contributed by atoms with van der Waals surface area (Å²) in [4.78, 5) is 12.2. The van der Waals surface area contributed by atoms with Crippen LogP contribution in [0.5, 0.6) is 0 Å². The lowest BCUT2D eigenvalue weighted by Gasteiger charge is -2.12. The summed E-state index contributed by atoms with van der Waals surface area (Å²) in [5, 5.41) is 6.01. The van der Waals surface area contributed by atoms with Gasteiger partial charge >= 0.3 is 0 Å². The summed E-state index contributed by atoms with van der Waals surface area (Å²) >= 11 is 0. The van der Waals surface area contributed by atoms with E-state index in [1.165, 1.54) is 6.07 Å². The first-order valence-corrected chi connectivity index (χ1v) is 6.55. The Kier molecular flexibility index (Phi) is 3.14. The zero-order valence-electron chi connectivity index (χ0n) is 11.1. The van der Waals surface area contributed by atoms with Gasteiger partial charge in [0.2, 0.25) is 5.91 Å². The SMILES string of the molecule is Cc1cc(NC(=O)C2Cc3ccccc3N2)ccc1F. The molecule has 0 saturated heterocycles. The van der Waals surface area contributed by atoms with E-state index in [0.29, 0.717) is 17.7 Å². The van der Waals surface area contributed by atoms with Gasteiger partial charge in [-0.1, -0.05) is 18.2 Å². The Morgan fingerprint density at radius 3 is 2.85 bits per heavy atom. The van der Waals surface area contributed by atoms with Crippen molar-refractivity contribution in [3.8, 4) is 0 Å². The van der Waals surface area contributed by atoms with E-state index < -0.39 is 0 Å². The van der Waals surface area contributed by atoms with E-state index >= 15 is 0 Å². The molecule has 2 aromatic carbocycles. The Morgan fingerprint density at radius 1 is 1.30 bits per heavy atom. The van der Waals surface area contributed by atoms with Gasteiger partial charge in [0.1, 0.15) is 11.9 Å². The zero-order valence-corrected chi connectivity index (χ0v) is 11.1. The van der Waals surface area contributed by atoms with Crippen molar-refractivity contribution in [2.24, 2.45) is 0 Å². The average molecular weight is 270 g/mol. The van der Waals surface area contributed by atoms with Crippen molar-refractivity contribution in [3.05, 3.63) is 59.4 Å². The Bertz CT molecular complexity index is 644. The normalized spacial score (nSPS) is 16.4. The van der Waals surface area contributed by atoms with Crippen molar-refractivity contribution >= 4 is 17.3 Å². The molecule has 1 aliphatic heterocycles. The molecule has 0 spiro atoms. The highest BCUT2D eigenvalue weighted by Gasteiger charge is 2.26. The molecule has 4 heteroatoms. The summed E-state index contributed by atoms with van der Waals surface area (Å²) in [6.45, 7) is 1.68. The molecule has 2 aromatic rings. The number of nitrogens with one attached hydrogen (secondary N) is 2. The van der Waals surface area contributed by atoms with E-state index in [0.717, 1.165) is 11.3 Å². The molecule has 0 saturated carbocycles. The largest absolute Gasteiger partial charge is 0.373 e. The van der Waals surface area contributed by atoms with Gasteiger partial charge in [-0.05, 0) is 42.3 Å². The van der Waals surface area contributed by atoms with E-state index in [2.05, 4.69) is 10.6 Å². The number of fused-ring (bicyclic) bond motifs is 1. The maximum absolute atomic E-state index is 13.2. The standard InChI is InChI=1S/C16H15FN2O/c1-10-8-12(6-7-13(10)17)18-16(20)15-9-11-4-2-3-5-14(11)19-15/h2-8,15,19H,9H2,1H3,(H,18,20). The number of carbonyl (C=O) groups is 1. The lowest BCUT2D eigenvalue weighted by atomic mass is 10.1. The lowest BCUT2D eigenvalue weighted by Crippen LogP contribution is -2.32. The van der Waals surface area contributed by atoms with Gasteiger partial charge in [-0.15, -0.1) is 0 Å². The smallest absolute Gasteiger partial charge is 0.247 e. The first-order chi connectivity index (χ1) is 9.63. The molecule has 0 fully saturated rings. The van der Waals surface area contributed by atoms with Crippen LogP contribution in [0.3, 0.4) is 0 Å². The highest BCUT2D eigenvalue weighted by atomic mass is 19.1. The summed E-state index contributed by atoms with van der Waals surface area (Å²) in [5.41, 5.74) is 3.28. The summed E-state index contributed by atoms with van der Waals surface area (Å²) < 4.78 is 13.2. The van der Waals surface area contributed by atoms with Crippen LogP contribution in [0.2, 0.25) is 0 Å². The van der Waals surface area contributed by atoms with Gasteiger partial charge in [0, 0.05) is 17.8 Å². The molecule has 102 valence electrons. The molecule has 1 amide bonds. The van der Waals surface area contributed by atoms with E-state index in [1.54, 1.807) is 19.1 Å². The number of amides is 1. The molecule has 3 rings (SSSR count). The molecule has 1 unspecified atom stereocenters. The van der Waals surface area contributed by atoms with E-state index in [9.17, 15) is 9.18 Å². The number of hydrogen-bond donors (Lipinski definition) is 2. The molecule has 0 aliphatic carbocycles. The van der Waals surface area contributed by atoms with Gasteiger partial charge in [0.25, 0.3) is 0 Å². The Labute approximate surface area is 116 Å². The number of aryl methyl sites for hydroxylation is 1. The first-order valence-electron chi connectivity index (χ1n) is 6.55. The van der Waals surface area contributed by atoms with Crippen LogP contribution >= 0.6 is 0 Å². The minimum absolute atomic E-state index is 0.104. The molecule has 0 aromatic heterocycles. The van der Waals surface area contributed by atoms with Crippen molar-refractivity contribution in [2.75, 3.05) is 10.6 Å². The number of anilines is 2. The first kappa shape index (κ1) is 12.7. The van der Waals surface area contributed by atoms with Crippen molar-refractivity contribution in [1.29, 1.82) is 0 Å². The number of halogens is 1. The third-order valence-electron chi connectivity index (χ3n) is 3.51. The van der Waals surface area contributed by atoms with Crippen LogP contribution in [0, 0.1) is 12.7 Å². The predicted octanol–water partition coefficient (Wildman–Crippen LogP) is 3.11. The number of hydrogen-bond acceptors (Lipinski definition) is 2. The summed E-state index contributed by atoms with van der Waals surface area (Å²) in [6, 6.07) is 12.2. The number of carbonyl (C=O) groups excluding carboxylic acids is 1. The number of para-hydroxylation sites is 1. The van der Waals surface area contributed by atoms with E-state index in [4.69, 9.17) is 0 Å². The highest BCUT2D eigenvalue weighted by Crippen LogP contribution is 2.26. The van der Waals surface area contributed by atoms with Crippen molar-refractivity contribution in [2.45, 2.75) is 19.4 Å². The molecular weight excluding hydrogens is 255 g/mol. The van der Waals surface area contributed by atoms with E-state index in [-0.39, 0.29) is 17.8 Å². The second-order valence-corrected chi connectivity index (χ2v) is 5.01. The van der Waals surface area contributed by atoms with Gasteiger partial charge in [0.15, 0.2) is 0 Å². The molecule has 2 N–H and O–H groups in total. The highest BCUT2D eigenvalue weighted by molar-refractivity contribution is 5.98. The Balaban J connectivity index is 1.71. The Hall–Kier alpha value is -2.36. The van der Waals surface area contributed by atoms with Gasteiger partial charge in [-0.25, -0.2) is 4.39 Å². The van der Waals surface area contributed by atoms with Gasteiger partial charge in [0.05, 0.1) is 0 Å². The summed E-state index contributed by atoms with van der Waals surface area (Å²) in [6.07, 6.45) is 0.669. The van der Waals surface area contributed by atoms with Crippen LogP contribution in [0.25, 0.3) is 0 Å². The molecule has 1 aliphatic rings. The monoisotopic (exact) mass is 270 g/mol. The van der Waals surface area contributed by atoms with Crippen LogP contribution in [-0.4, -0.2) is 11.9 Å². The number of rotatable bonds is 2. The number of benzene rings is 2.